The fourth-order valence-electron chi connectivity index (χ4n) is 3.27. The molecular formula is C16H22N2O2. The van der Waals surface area contributed by atoms with Gasteiger partial charge in [-0.1, -0.05) is 6.07 Å². The maximum absolute atomic E-state index is 12.6. The molecule has 2 N–H and O–H groups in total. The molecule has 4 heteroatoms. The Morgan fingerprint density at radius 3 is 2.90 bits per heavy atom. The number of aliphatic hydroxyl groups is 1. The molecule has 1 atom stereocenters. The number of rotatable bonds is 2. The zero-order chi connectivity index (χ0) is 13.9. The minimum absolute atomic E-state index is 0.00276. The molecule has 1 amide bonds. The number of fused-ring (bicyclic) bond motifs is 1. The Morgan fingerprint density at radius 2 is 2.10 bits per heavy atom. The van der Waals surface area contributed by atoms with E-state index in [0.29, 0.717) is 0 Å². The largest absolute Gasteiger partial charge is 0.394 e. The van der Waals surface area contributed by atoms with Crippen LogP contribution in [-0.4, -0.2) is 48.2 Å². The second-order valence-corrected chi connectivity index (χ2v) is 5.71. The van der Waals surface area contributed by atoms with E-state index in [1.165, 1.54) is 11.1 Å². The molecule has 1 saturated heterocycles. The van der Waals surface area contributed by atoms with Crippen molar-refractivity contribution >= 4 is 5.91 Å². The molecule has 0 aromatic heterocycles. The fraction of sp³-hybridized carbons (Fsp3) is 0.562. The van der Waals surface area contributed by atoms with Crippen LogP contribution in [0.5, 0.6) is 0 Å². The van der Waals surface area contributed by atoms with Crippen LogP contribution in [0, 0.1) is 0 Å². The number of benzene rings is 1. The van der Waals surface area contributed by atoms with Crippen LogP contribution in [0.3, 0.4) is 0 Å². The van der Waals surface area contributed by atoms with Crippen molar-refractivity contribution < 1.29 is 9.90 Å². The lowest BCUT2D eigenvalue weighted by molar-refractivity contribution is 0.0677. The Kier molecular flexibility index (Phi) is 4.03. The van der Waals surface area contributed by atoms with E-state index in [0.717, 1.165) is 50.9 Å². The summed E-state index contributed by atoms with van der Waals surface area (Å²) in [4.78, 5) is 14.4. The number of hydrogen-bond donors (Lipinski definition) is 2. The number of carbonyl (C=O) groups is 1. The van der Waals surface area contributed by atoms with Crippen LogP contribution >= 0.6 is 0 Å². The predicted molar refractivity (Wildman–Crippen MR) is 77.9 cm³/mol. The average Bonchev–Trinajstić information content (AvgIpc) is 2.83. The van der Waals surface area contributed by atoms with Crippen molar-refractivity contribution in [3.63, 3.8) is 0 Å². The molecule has 0 unspecified atom stereocenters. The van der Waals surface area contributed by atoms with Crippen molar-refractivity contribution in [2.45, 2.75) is 31.7 Å². The second kappa shape index (κ2) is 5.94. The number of aliphatic hydroxyl groups excluding tert-OH is 1. The molecule has 108 valence electrons. The van der Waals surface area contributed by atoms with Crippen LogP contribution in [0.1, 0.15) is 34.3 Å². The van der Waals surface area contributed by atoms with Crippen LogP contribution in [0.25, 0.3) is 0 Å². The van der Waals surface area contributed by atoms with Crippen LogP contribution in [0.15, 0.2) is 18.2 Å². The Bertz CT molecular complexity index is 501. The van der Waals surface area contributed by atoms with E-state index in [2.05, 4.69) is 17.4 Å². The van der Waals surface area contributed by atoms with Gasteiger partial charge in [-0.15, -0.1) is 0 Å². The van der Waals surface area contributed by atoms with Gasteiger partial charge in [0, 0.05) is 12.1 Å². The summed E-state index contributed by atoms with van der Waals surface area (Å²) in [6.07, 6.45) is 3.93. The minimum Gasteiger partial charge on any atom is -0.394 e. The summed E-state index contributed by atoms with van der Waals surface area (Å²) in [5, 5.41) is 12.7. The van der Waals surface area contributed by atoms with Gasteiger partial charge in [0.15, 0.2) is 0 Å². The van der Waals surface area contributed by atoms with E-state index in [9.17, 15) is 9.90 Å². The van der Waals surface area contributed by atoms with Crippen molar-refractivity contribution in [1.29, 1.82) is 0 Å². The van der Waals surface area contributed by atoms with Crippen LogP contribution in [0.4, 0.5) is 0 Å². The third kappa shape index (κ3) is 2.58. The normalized spacial score (nSPS) is 22.4. The van der Waals surface area contributed by atoms with E-state index in [1.807, 2.05) is 11.0 Å². The summed E-state index contributed by atoms with van der Waals surface area (Å²) in [5.41, 5.74) is 3.42. The standard InChI is InChI=1S/C16H22N2O2/c19-11-15-2-1-9-18(15)16(20)14-4-3-12-5-7-17-8-6-13(12)10-14/h3-4,10,15,17,19H,1-2,5-9,11H2/t15-/m1/s1. The molecule has 2 heterocycles. The summed E-state index contributed by atoms with van der Waals surface area (Å²) < 4.78 is 0. The smallest absolute Gasteiger partial charge is 0.254 e. The summed E-state index contributed by atoms with van der Waals surface area (Å²) in [7, 11) is 0. The first kappa shape index (κ1) is 13.6. The maximum atomic E-state index is 12.6. The van der Waals surface area contributed by atoms with Gasteiger partial charge in [-0.2, -0.15) is 0 Å². The lowest BCUT2D eigenvalue weighted by atomic mass is 9.99. The number of likely N-dealkylation sites (tertiary alicyclic amines) is 1. The maximum Gasteiger partial charge on any atom is 0.254 e. The summed E-state index contributed by atoms with van der Waals surface area (Å²) in [6.45, 7) is 2.83. The minimum atomic E-state index is 0.00276. The van der Waals surface area contributed by atoms with Crippen LogP contribution in [-0.2, 0) is 12.8 Å². The van der Waals surface area contributed by atoms with E-state index in [4.69, 9.17) is 0 Å². The Hall–Kier alpha value is -1.39. The fourth-order valence-corrected chi connectivity index (χ4v) is 3.27. The van der Waals surface area contributed by atoms with Gasteiger partial charge in [0.25, 0.3) is 5.91 Å². The SMILES string of the molecule is O=C(c1ccc2c(c1)CCNCC2)N1CCC[C@@H]1CO. The van der Waals surface area contributed by atoms with Crippen molar-refractivity contribution in [1.82, 2.24) is 10.2 Å². The zero-order valence-electron chi connectivity index (χ0n) is 11.8. The number of nitrogens with one attached hydrogen (secondary N) is 1. The van der Waals surface area contributed by atoms with E-state index in [-0.39, 0.29) is 18.6 Å². The molecule has 4 nitrogen and oxygen atoms in total. The van der Waals surface area contributed by atoms with Crippen LogP contribution < -0.4 is 5.32 Å². The third-order valence-electron chi connectivity index (χ3n) is 4.44. The lowest BCUT2D eigenvalue weighted by Gasteiger charge is -2.23. The number of hydrogen-bond acceptors (Lipinski definition) is 3. The first-order chi connectivity index (χ1) is 9.79. The van der Waals surface area contributed by atoms with Crippen LogP contribution in [0.2, 0.25) is 0 Å². The van der Waals surface area contributed by atoms with Gasteiger partial charge >= 0.3 is 0 Å². The first-order valence-electron chi connectivity index (χ1n) is 7.54. The van der Waals surface area contributed by atoms with Gasteiger partial charge in [0.05, 0.1) is 12.6 Å². The molecular weight excluding hydrogens is 252 g/mol. The molecule has 20 heavy (non-hydrogen) atoms. The molecule has 0 aliphatic carbocycles. The molecule has 2 aliphatic rings. The van der Waals surface area contributed by atoms with Crippen molar-refractivity contribution in [3.8, 4) is 0 Å². The van der Waals surface area contributed by atoms with Gasteiger partial charge in [0.1, 0.15) is 0 Å². The second-order valence-electron chi connectivity index (χ2n) is 5.71. The number of amides is 1. The predicted octanol–water partition coefficient (Wildman–Crippen LogP) is 0.972. The summed E-state index contributed by atoms with van der Waals surface area (Å²) in [5.74, 6) is 0.0709. The molecule has 1 aromatic carbocycles. The van der Waals surface area contributed by atoms with E-state index in [1.54, 1.807) is 0 Å². The highest BCUT2D eigenvalue weighted by atomic mass is 16.3. The third-order valence-corrected chi connectivity index (χ3v) is 4.44. The molecule has 2 aliphatic heterocycles. The monoisotopic (exact) mass is 274 g/mol. The number of carbonyl (C=O) groups excluding carboxylic acids is 1. The molecule has 3 rings (SSSR count). The van der Waals surface area contributed by atoms with Gasteiger partial charge in [-0.25, -0.2) is 0 Å². The molecule has 1 aromatic rings. The van der Waals surface area contributed by atoms with Crippen molar-refractivity contribution in [2.24, 2.45) is 0 Å². The highest BCUT2D eigenvalue weighted by molar-refractivity contribution is 5.95. The molecule has 0 saturated carbocycles. The Labute approximate surface area is 119 Å². The highest BCUT2D eigenvalue weighted by Gasteiger charge is 2.29. The van der Waals surface area contributed by atoms with Gasteiger partial charge < -0.3 is 15.3 Å². The van der Waals surface area contributed by atoms with Crippen molar-refractivity contribution in [2.75, 3.05) is 26.2 Å². The summed E-state index contributed by atoms with van der Waals surface area (Å²) >= 11 is 0. The Balaban J connectivity index is 1.83. The quantitative estimate of drug-likeness (QED) is 0.845. The topological polar surface area (TPSA) is 52.6 Å². The Morgan fingerprint density at radius 1 is 1.30 bits per heavy atom. The molecule has 0 spiro atoms. The molecule has 1 fully saturated rings. The number of nitrogens with zero attached hydrogens (tertiary/aromatic N) is 1. The van der Waals surface area contributed by atoms with E-state index < -0.39 is 0 Å². The lowest BCUT2D eigenvalue weighted by Crippen LogP contribution is -2.37. The van der Waals surface area contributed by atoms with Gasteiger partial charge in [0.2, 0.25) is 0 Å². The average molecular weight is 274 g/mol. The first-order valence-corrected chi connectivity index (χ1v) is 7.54. The highest BCUT2D eigenvalue weighted by Crippen LogP contribution is 2.22. The van der Waals surface area contributed by atoms with Gasteiger partial charge in [-0.3, -0.25) is 4.79 Å². The van der Waals surface area contributed by atoms with Crippen molar-refractivity contribution in [3.05, 3.63) is 34.9 Å². The van der Waals surface area contributed by atoms with Gasteiger partial charge in [-0.05, 0) is 62.0 Å². The molecule has 0 radical (unpaired) electrons. The zero-order valence-corrected chi connectivity index (χ0v) is 11.8. The molecule has 0 bridgehead atoms. The summed E-state index contributed by atoms with van der Waals surface area (Å²) in [6, 6.07) is 6.10. The van der Waals surface area contributed by atoms with E-state index >= 15 is 0 Å².